The van der Waals surface area contributed by atoms with E-state index < -0.39 is 42.1 Å². The summed E-state index contributed by atoms with van der Waals surface area (Å²) >= 11 is 0. The minimum absolute atomic E-state index is 0.250. The van der Waals surface area contributed by atoms with E-state index >= 15 is 0 Å². The summed E-state index contributed by atoms with van der Waals surface area (Å²) in [6, 6.07) is -3.59. The molecule has 2 aliphatic heterocycles. The van der Waals surface area contributed by atoms with Gasteiger partial charge < -0.3 is 31.1 Å². The largest absolute Gasteiger partial charge is 0.480 e. The van der Waals surface area contributed by atoms with E-state index in [4.69, 9.17) is 5.73 Å². The van der Waals surface area contributed by atoms with Gasteiger partial charge in [-0.2, -0.15) is 0 Å². The van der Waals surface area contributed by atoms with Gasteiger partial charge in [-0.15, -0.1) is 0 Å². The zero-order valence-electron chi connectivity index (χ0n) is 17.9. The van der Waals surface area contributed by atoms with Crippen molar-refractivity contribution >= 4 is 23.7 Å². The second-order valence-corrected chi connectivity index (χ2v) is 8.68. The first-order valence-electron chi connectivity index (χ1n) is 10.6. The van der Waals surface area contributed by atoms with Crippen molar-refractivity contribution in [2.45, 2.75) is 83.1 Å². The normalized spacial score (nSPS) is 24.6. The molecule has 2 fully saturated rings. The van der Waals surface area contributed by atoms with Crippen LogP contribution in [0.1, 0.15) is 52.9 Å². The Hall–Kier alpha value is -2.20. The van der Waals surface area contributed by atoms with E-state index in [9.17, 15) is 29.4 Å². The third kappa shape index (κ3) is 5.48. The Morgan fingerprint density at radius 1 is 1.03 bits per heavy atom. The second kappa shape index (κ2) is 10.2. The van der Waals surface area contributed by atoms with Gasteiger partial charge in [0.05, 0.1) is 12.1 Å². The molecule has 3 amide bonds. The third-order valence-corrected chi connectivity index (χ3v) is 5.75. The second-order valence-electron chi connectivity index (χ2n) is 8.68. The molecule has 0 aromatic carbocycles. The van der Waals surface area contributed by atoms with Gasteiger partial charge in [-0.05, 0) is 44.9 Å². The lowest BCUT2D eigenvalue weighted by atomic mass is 10.0. The number of amides is 3. The highest BCUT2D eigenvalue weighted by atomic mass is 16.4. The number of carbonyl (C=O) groups excluding carboxylic acids is 3. The van der Waals surface area contributed by atoms with E-state index in [0.717, 1.165) is 0 Å². The first kappa shape index (κ1) is 24.1. The molecule has 0 spiro atoms. The molecular formula is C20H34N4O6. The number of carboxylic acid groups (broad SMARTS) is 1. The van der Waals surface area contributed by atoms with E-state index in [0.29, 0.717) is 45.2 Å². The topological polar surface area (TPSA) is 153 Å². The van der Waals surface area contributed by atoms with Crippen LogP contribution in [0.5, 0.6) is 0 Å². The number of rotatable bonds is 8. The standard InChI is InChI=1S/C20H34N4O6/c1-11(2)10-13(21)18(27)24-9-5-7-15(24)19(28)23-8-4-6-14(23)17(26)22-16(12(3)25)20(29)30/h11-16,25H,4-10,21H2,1-3H3,(H,22,26)(H,29,30). The summed E-state index contributed by atoms with van der Waals surface area (Å²) in [6.07, 6.45) is 1.45. The van der Waals surface area contributed by atoms with Crippen LogP contribution in [0.4, 0.5) is 0 Å². The third-order valence-electron chi connectivity index (χ3n) is 5.75. The van der Waals surface area contributed by atoms with Gasteiger partial charge in [0.25, 0.3) is 0 Å². The number of likely N-dealkylation sites (tertiary alicyclic amines) is 2. The molecule has 0 saturated carbocycles. The molecule has 2 heterocycles. The van der Waals surface area contributed by atoms with Crippen molar-refractivity contribution in [1.82, 2.24) is 15.1 Å². The summed E-state index contributed by atoms with van der Waals surface area (Å²) in [5.74, 6) is -2.26. The highest BCUT2D eigenvalue weighted by Gasteiger charge is 2.43. The van der Waals surface area contributed by atoms with Crippen LogP contribution in [-0.2, 0) is 19.2 Å². The molecule has 10 heteroatoms. The smallest absolute Gasteiger partial charge is 0.328 e. The molecule has 2 saturated heterocycles. The maximum absolute atomic E-state index is 13.2. The minimum atomic E-state index is -1.45. The van der Waals surface area contributed by atoms with Crippen LogP contribution in [0.25, 0.3) is 0 Å². The zero-order valence-corrected chi connectivity index (χ0v) is 17.9. The lowest BCUT2D eigenvalue weighted by molar-refractivity contribution is -0.149. The highest BCUT2D eigenvalue weighted by Crippen LogP contribution is 2.26. The maximum Gasteiger partial charge on any atom is 0.328 e. The average molecular weight is 427 g/mol. The van der Waals surface area contributed by atoms with E-state index in [-0.39, 0.29) is 17.7 Å². The Bertz CT molecular complexity index is 668. The van der Waals surface area contributed by atoms with Crippen LogP contribution in [-0.4, -0.2) is 87.1 Å². The number of aliphatic carboxylic acids is 1. The number of aliphatic hydroxyl groups is 1. The summed E-state index contributed by atoms with van der Waals surface area (Å²) in [4.78, 5) is 52.9. The molecule has 10 nitrogen and oxygen atoms in total. The monoisotopic (exact) mass is 426 g/mol. The number of hydrogen-bond donors (Lipinski definition) is 4. The van der Waals surface area contributed by atoms with Gasteiger partial charge >= 0.3 is 5.97 Å². The predicted octanol–water partition coefficient (Wildman–Crippen LogP) is -0.708. The fourth-order valence-corrected chi connectivity index (χ4v) is 4.24. The van der Waals surface area contributed by atoms with Crippen LogP contribution in [0.2, 0.25) is 0 Å². The van der Waals surface area contributed by atoms with Gasteiger partial charge in [-0.25, -0.2) is 4.79 Å². The number of carboxylic acids is 1. The number of nitrogens with zero attached hydrogens (tertiary/aromatic N) is 2. The maximum atomic E-state index is 13.2. The van der Waals surface area contributed by atoms with E-state index in [1.807, 2.05) is 13.8 Å². The summed E-state index contributed by atoms with van der Waals surface area (Å²) in [7, 11) is 0. The SMILES string of the molecule is CC(C)CC(N)C(=O)N1CCCC1C(=O)N1CCCC1C(=O)NC(C(=O)O)C(C)O. The van der Waals surface area contributed by atoms with Gasteiger partial charge in [0.15, 0.2) is 6.04 Å². The average Bonchev–Trinajstić information content (AvgIpc) is 3.32. The molecule has 0 aromatic heterocycles. The Morgan fingerprint density at radius 2 is 1.60 bits per heavy atom. The molecule has 30 heavy (non-hydrogen) atoms. The number of hydrogen-bond acceptors (Lipinski definition) is 6. The molecule has 0 bridgehead atoms. The Morgan fingerprint density at radius 3 is 2.13 bits per heavy atom. The summed E-state index contributed by atoms with van der Waals surface area (Å²) in [5.41, 5.74) is 6.04. The molecule has 0 radical (unpaired) electrons. The molecule has 5 N–H and O–H groups in total. The Labute approximate surface area is 176 Å². The van der Waals surface area contributed by atoms with Crippen LogP contribution in [0.3, 0.4) is 0 Å². The van der Waals surface area contributed by atoms with E-state index in [1.165, 1.54) is 16.7 Å². The van der Waals surface area contributed by atoms with Gasteiger partial charge in [0.2, 0.25) is 17.7 Å². The molecule has 2 rings (SSSR count). The van der Waals surface area contributed by atoms with E-state index in [1.54, 1.807) is 0 Å². The van der Waals surface area contributed by atoms with Crippen LogP contribution < -0.4 is 11.1 Å². The molecular weight excluding hydrogens is 392 g/mol. The lowest BCUT2D eigenvalue weighted by Crippen LogP contribution is -2.57. The highest BCUT2D eigenvalue weighted by molar-refractivity contribution is 5.94. The van der Waals surface area contributed by atoms with Crippen molar-refractivity contribution in [3.05, 3.63) is 0 Å². The Balaban J connectivity index is 2.09. The molecule has 170 valence electrons. The van der Waals surface area contributed by atoms with Gasteiger partial charge in [0, 0.05) is 13.1 Å². The van der Waals surface area contributed by atoms with Crippen molar-refractivity contribution < 1.29 is 29.4 Å². The van der Waals surface area contributed by atoms with Gasteiger partial charge in [0.1, 0.15) is 12.1 Å². The zero-order chi connectivity index (χ0) is 22.6. The summed E-state index contributed by atoms with van der Waals surface area (Å²) in [6.45, 7) is 6.05. The lowest BCUT2D eigenvalue weighted by Gasteiger charge is -2.32. The summed E-state index contributed by atoms with van der Waals surface area (Å²) < 4.78 is 0. The van der Waals surface area contributed by atoms with Crippen molar-refractivity contribution in [3.63, 3.8) is 0 Å². The van der Waals surface area contributed by atoms with Crippen LogP contribution in [0, 0.1) is 5.92 Å². The van der Waals surface area contributed by atoms with Crippen LogP contribution >= 0.6 is 0 Å². The van der Waals surface area contributed by atoms with Gasteiger partial charge in [-0.3, -0.25) is 14.4 Å². The fourth-order valence-electron chi connectivity index (χ4n) is 4.24. The molecule has 5 unspecified atom stereocenters. The molecule has 2 aliphatic rings. The Kier molecular flexibility index (Phi) is 8.19. The van der Waals surface area contributed by atoms with Crippen molar-refractivity contribution in [3.8, 4) is 0 Å². The van der Waals surface area contributed by atoms with E-state index in [2.05, 4.69) is 5.32 Å². The predicted molar refractivity (Wildman–Crippen MR) is 108 cm³/mol. The molecule has 0 aliphatic carbocycles. The van der Waals surface area contributed by atoms with Crippen LogP contribution in [0.15, 0.2) is 0 Å². The van der Waals surface area contributed by atoms with Crippen molar-refractivity contribution in [2.24, 2.45) is 11.7 Å². The minimum Gasteiger partial charge on any atom is -0.480 e. The van der Waals surface area contributed by atoms with Gasteiger partial charge in [-0.1, -0.05) is 13.8 Å². The first-order chi connectivity index (χ1) is 14.0. The number of nitrogens with one attached hydrogen (secondary N) is 1. The summed E-state index contributed by atoms with van der Waals surface area (Å²) in [5, 5.41) is 21.1. The number of aliphatic hydroxyl groups excluding tert-OH is 1. The van der Waals surface area contributed by atoms with Crippen molar-refractivity contribution in [2.75, 3.05) is 13.1 Å². The fraction of sp³-hybridized carbons (Fsp3) is 0.800. The first-order valence-corrected chi connectivity index (χ1v) is 10.6. The number of carbonyl (C=O) groups is 4. The molecule has 5 atom stereocenters. The quantitative estimate of drug-likeness (QED) is 0.400. The molecule has 0 aromatic rings. The number of nitrogens with two attached hydrogens (primary N) is 1. The van der Waals surface area contributed by atoms with Crippen molar-refractivity contribution in [1.29, 1.82) is 0 Å².